The zero-order chi connectivity index (χ0) is 42.1. The molecule has 11 N–H and O–H groups in total. The third-order valence-corrected chi connectivity index (χ3v) is 9.13. The Hall–Kier alpha value is -5.94. The van der Waals surface area contributed by atoms with Crippen LogP contribution in [0.15, 0.2) is 84.9 Å². The molecule has 0 spiro atoms. The number of carboxylic acids is 1. The second-order valence-corrected chi connectivity index (χ2v) is 14.3. The second-order valence-electron chi connectivity index (χ2n) is 14.0. The van der Waals surface area contributed by atoms with Gasteiger partial charge in [0, 0.05) is 25.0 Å². The van der Waals surface area contributed by atoms with Gasteiger partial charge in [-0.1, -0.05) is 86.6 Å². The highest BCUT2D eigenvalue weighted by molar-refractivity contribution is 7.80. The Morgan fingerprint density at radius 2 is 0.965 bits per heavy atom. The molecule has 3 aromatic rings. The minimum absolute atomic E-state index is 0.0130. The molecule has 3 aromatic carbocycles. The Morgan fingerprint density at radius 1 is 0.579 bits per heavy atom. The molecule has 0 saturated heterocycles. The quantitative estimate of drug-likeness (QED) is 0.0613. The monoisotopic (exact) mass is 805 g/mol. The first kappa shape index (κ1) is 45.4. The van der Waals surface area contributed by atoms with Crippen LogP contribution in [0.3, 0.4) is 0 Å². The topological polar surface area (TPSA) is 272 Å². The number of hydrogen-bond acceptors (Lipinski definition) is 10. The van der Waals surface area contributed by atoms with Crippen LogP contribution in [0.2, 0.25) is 0 Å². The number of nitrogens with one attached hydrogen (secondary N) is 5. The van der Waals surface area contributed by atoms with Gasteiger partial charge in [0.2, 0.25) is 35.4 Å². The standard InChI is InChI=1S/C40H51N7O9S/c1-23(2)17-29(43-35(50)28(41)22-57)36(51)44-30(18-24-9-5-3-6-10-24)37(52)45-31(19-25-11-7-4-8-12-25)38(53)46-32(21-34(42)49)39(54)47-33(40(55)56)20-26-13-15-27(48)16-14-26/h3-16,23,28-33,48,57H,17-22,41H2,1-2H3,(H2,42,49)(H,43,50)(H,44,51)(H,45,52)(H,46,53)(H,47,54)(H,55,56)/t28-,29-,30-,31-,32-,33-/m0/s1. The van der Waals surface area contributed by atoms with E-state index in [0.717, 1.165) is 0 Å². The van der Waals surface area contributed by atoms with Crippen LogP contribution >= 0.6 is 12.6 Å². The summed E-state index contributed by atoms with van der Waals surface area (Å²) in [5.41, 5.74) is 13.0. The van der Waals surface area contributed by atoms with Crippen molar-refractivity contribution in [2.75, 3.05) is 5.75 Å². The fourth-order valence-electron chi connectivity index (χ4n) is 5.75. The highest BCUT2D eigenvalue weighted by Gasteiger charge is 2.34. The first-order valence-electron chi connectivity index (χ1n) is 18.3. The van der Waals surface area contributed by atoms with Gasteiger partial charge in [-0.05, 0) is 41.2 Å². The number of aliphatic carboxylic acids is 1. The number of carbonyl (C=O) groups is 7. The maximum atomic E-state index is 14.2. The lowest BCUT2D eigenvalue weighted by molar-refractivity contribution is -0.142. The number of primary amides is 1. The van der Waals surface area contributed by atoms with Crippen molar-refractivity contribution in [1.82, 2.24) is 26.6 Å². The van der Waals surface area contributed by atoms with Gasteiger partial charge in [-0.15, -0.1) is 0 Å². The van der Waals surface area contributed by atoms with Gasteiger partial charge in [0.05, 0.1) is 12.5 Å². The number of rotatable bonds is 22. The van der Waals surface area contributed by atoms with Crippen molar-refractivity contribution in [2.45, 2.75) is 82.2 Å². The van der Waals surface area contributed by atoms with Crippen LogP contribution in [0.5, 0.6) is 5.75 Å². The molecule has 0 fully saturated rings. The Morgan fingerprint density at radius 3 is 1.40 bits per heavy atom. The highest BCUT2D eigenvalue weighted by atomic mass is 32.1. The molecule has 0 aromatic heterocycles. The Balaban J connectivity index is 1.91. The molecule has 306 valence electrons. The molecule has 16 nitrogen and oxygen atoms in total. The first-order chi connectivity index (χ1) is 27.1. The van der Waals surface area contributed by atoms with Crippen molar-refractivity contribution in [3.8, 4) is 5.75 Å². The van der Waals surface area contributed by atoms with Gasteiger partial charge in [-0.25, -0.2) is 4.79 Å². The molecule has 17 heteroatoms. The molecule has 6 atom stereocenters. The Bertz CT molecular complexity index is 1830. The summed E-state index contributed by atoms with van der Waals surface area (Å²) in [7, 11) is 0. The molecule has 0 aliphatic carbocycles. The number of carbonyl (C=O) groups excluding carboxylic acids is 6. The van der Waals surface area contributed by atoms with E-state index in [2.05, 4.69) is 39.2 Å². The molecule has 0 bridgehead atoms. The summed E-state index contributed by atoms with van der Waals surface area (Å²) < 4.78 is 0. The van der Waals surface area contributed by atoms with E-state index in [1.54, 1.807) is 60.7 Å². The van der Waals surface area contributed by atoms with Gasteiger partial charge in [-0.3, -0.25) is 28.8 Å². The van der Waals surface area contributed by atoms with E-state index in [-0.39, 0.29) is 43.1 Å². The van der Waals surface area contributed by atoms with Crippen LogP contribution < -0.4 is 38.1 Å². The largest absolute Gasteiger partial charge is 0.508 e. The number of phenolic OH excluding ortho intramolecular Hbond substituents is 1. The number of benzene rings is 3. The van der Waals surface area contributed by atoms with Crippen LogP contribution in [0.25, 0.3) is 0 Å². The number of thiol groups is 1. The fourth-order valence-corrected chi connectivity index (χ4v) is 5.92. The SMILES string of the molecule is CC(C)C[C@H](NC(=O)[C@@H](N)CS)C(=O)N[C@@H](Cc1ccccc1)C(=O)N[C@@H](Cc1ccccc1)C(=O)N[C@@H](CC(N)=O)C(=O)N[C@@H](Cc1ccc(O)cc1)C(=O)O. The van der Waals surface area contributed by atoms with Gasteiger partial charge in [0.15, 0.2) is 0 Å². The van der Waals surface area contributed by atoms with Crippen LogP contribution in [-0.2, 0) is 52.8 Å². The summed E-state index contributed by atoms with van der Waals surface area (Å²) in [6.07, 6.45) is -0.787. The number of carboxylic acid groups (broad SMARTS) is 1. The maximum absolute atomic E-state index is 14.2. The van der Waals surface area contributed by atoms with E-state index in [1.165, 1.54) is 24.3 Å². The van der Waals surface area contributed by atoms with Crippen molar-refractivity contribution in [3.63, 3.8) is 0 Å². The third kappa shape index (κ3) is 15.6. The van der Waals surface area contributed by atoms with Gasteiger partial charge in [-0.2, -0.15) is 12.6 Å². The lowest BCUT2D eigenvalue weighted by Gasteiger charge is -2.27. The summed E-state index contributed by atoms with van der Waals surface area (Å²) in [4.78, 5) is 92.3. The molecule has 0 heterocycles. The fraction of sp³-hybridized carbons (Fsp3) is 0.375. The first-order valence-corrected chi connectivity index (χ1v) is 18.9. The number of aromatic hydroxyl groups is 1. The average molecular weight is 806 g/mol. The van der Waals surface area contributed by atoms with Gasteiger partial charge in [0.1, 0.15) is 36.0 Å². The molecule has 57 heavy (non-hydrogen) atoms. The maximum Gasteiger partial charge on any atom is 0.326 e. The van der Waals surface area contributed by atoms with Crippen molar-refractivity contribution in [1.29, 1.82) is 0 Å². The van der Waals surface area contributed by atoms with Gasteiger partial charge >= 0.3 is 5.97 Å². The van der Waals surface area contributed by atoms with Crippen LogP contribution in [-0.4, -0.2) is 93.6 Å². The van der Waals surface area contributed by atoms with Gasteiger partial charge < -0.3 is 48.3 Å². The number of nitrogens with two attached hydrogens (primary N) is 2. The number of amides is 6. The zero-order valence-electron chi connectivity index (χ0n) is 31.7. The third-order valence-electron chi connectivity index (χ3n) is 8.73. The predicted molar refractivity (Wildman–Crippen MR) is 214 cm³/mol. The van der Waals surface area contributed by atoms with E-state index in [1.807, 2.05) is 13.8 Å². The minimum Gasteiger partial charge on any atom is -0.508 e. The van der Waals surface area contributed by atoms with E-state index < -0.39 is 84.1 Å². The number of hydrogen-bond donors (Lipinski definition) is 10. The summed E-state index contributed by atoms with van der Waals surface area (Å²) >= 11 is 4.06. The summed E-state index contributed by atoms with van der Waals surface area (Å²) in [5, 5.41) is 32.3. The molecule has 0 unspecified atom stereocenters. The lowest BCUT2D eigenvalue weighted by Crippen LogP contribution is -2.60. The van der Waals surface area contributed by atoms with E-state index in [4.69, 9.17) is 11.5 Å². The zero-order valence-corrected chi connectivity index (χ0v) is 32.6. The summed E-state index contributed by atoms with van der Waals surface area (Å²) in [6.45, 7) is 3.71. The minimum atomic E-state index is -1.64. The lowest BCUT2D eigenvalue weighted by atomic mass is 10.00. The predicted octanol–water partition coefficient (Wildman–Crippen LogP) is 0.107. The van der Waals surface area contributed by atoms with Crippen LogP contribution in [0.1, 0.15) is 43.4 Å². The summed E-state index contributed by atoms with van der Waals surface area (Å²) in [6, 6.07) is 15.2. The molecule has 6 amide bonds. The highest BCUT2D eigenvalue weighted by Crippen LogP contribution is 2.13. The normalized spacial score (nSPS) is 14.1. The molecular weight excluding hydrogens is 755 g/mol. The van der Waals surface area contributed by atoms with Crippen molar-refractivity contribution in [3.05, 3.63) is 102 Å². The average Bonchev–Trinajstić information content (AvgIpc) is 3.17. The van der Waals surface area contributed by atoms with Crippen molar-refractivity contribution in [2.24, 2.45) is 17.4 Å². The van der Waals surface area contributed by atoms with E-state index in [0.29, 0.717) is 16.7 Å². The van der Waals surface area contributed by atoms with Crippen molar-refractivity contribution >= 4 is 54.0 Å². The van der Waals surface area contributed by atoms with Crippen LogP contribution in [0.4, 0.5) is 0 Å². The van der Waals surface area contributed by atoms with Gasteiger partial charge in [0.25, 0.3) is 0 Å². The molecule has 0 radical (unpaired) electrons. The molecule has 3 rings (SSSR count). The second kappa shape index (κ2) is 22.6. The van der Waals surface area contributed by atoms with Crippen LogP contribution in [0, 0.1) is 5.92 Å². The molecule has 0 aliphatic heterocycles. The molecule has 0 aliphatic rings. The van der Waals surface area contributed by atoms with Crippen molar-refractivity contribution < 1.29 is 43.8 Å². The van der Waals surface area contributed by atoms with E-state index >= 15 is 0 Å². The molecular formula is C40H51N7O9S. The Labute approximate surface area is 336 Å². The molecule has 0 saturated carbocycles. The Kier molecular flexibility index (Phi) is 18.0. The van der Waals surface area contributed by atoms with E-state index in [9.17, 15) is 43.8 Å². The smallest absolute Gasteiger partial charge is 0.326 e. The number of phenols is 1. The summed E-state index contributed by atoms with van der Waals surface area (Å²) in [5.74, 6) is -6.40.